The molecule has 0 amide bonds. The minimum atomic E-state index is -0.725. The normalized spacial score (nSPS) is 11.7. The predicted octanol–water partition coefficient (Wildman–Crippen LogP) is 4.52. The van der Waals surface area contributed by atoms with Crippen molar-refractivity contribution in [3.63, 3.8) is 0 Å². The molecule has 0 unspecified atom stereocenters. The Morgan fingerprint density at radius 2 is 2.24 bits per heavy atom. The highest BCUT2D eigenvalue weighted by atomic mass is 32.1. The molecule has 8 heteroatoms. The van der Waals surface area contributed by atoms with Gasteiger partial charge in [-0.2, -0.15) is 10.2 Å². The molecule has 3 rings (SSSR count). The number of carbonyl (C=O) groups is 1. The molecule has 150 valence electrons. The Balaban J connectivity index is 1.70. The zero-order chi connectivity index (χ0) is 21.0. The van der Waals surface area contributed by atoms with Crippen molar-refractivity contribution in [2.24, 2.45) is 5.92 Å². The van der Waals surface area contributed by atoms with E-state index in [4.69, 9.17) is 9.26 Å². The molecular formula is C21H22N4O3S. The lowest BCUT2D eigenvalue weighted by molar-refractivity contribution is -0.140. The van der Waals surface area contributed by atoms with Gasteiger partial charge in [-0.1, -0.05) is 25.1 Å². The van der Waals surface area contributed by atoms with Crippen LogP contribution in [-0.4, -0.2) is 20.7 Å². The number of hydrogen-bond donors (Lipinski definition) is 0. The average Bonchev–Trinajstić information content (AvgIpc) is 3.41. The highest BCUT2D eigenvalue weighted by Crippen LogP contribution is 2.22. The Kier molecular flexibility index (Phi) is 6.29. The number of thiophene rings is 1. The number of aromatic nitrogens is 3. The Hall–Kier alpha value is -3.18. The molecule has 0 saturated carbocycles. The maximum absolute atomic E-state index is 12.4. The van der Waals surface area contributed by atoms with Gasteiger partial charge in [0.25, 0.3) is 5.89 Å². The predicted molar refractivity (Wildman–Crippen MR) is 110 cm³/mol. The van der Waals surface area contributed by atoms with E-state index in [1.807, 2.05) is 43.5 Å². The molecule has 3 heterocycles. The first-order chi connectivity index (χ1) is 13.9. The van der Waals surface area contributed by atoms with Crippen molar-refractivity contribution < 1.29 is 14.1 Å². The third-order valence-electron chi connectivity index (χ3n) is 4.34. The summed E-state index contributed by atoms with van der Waals surface area (Å²) >= 11 is 1.48. The van der Waals surface area contributed by atoms with E-state index in [1.54, 1.807) is 6.08 Å². The van der Waals surface area contributed by atoms with E-state index in [0.717, 1.165) is 28.4 Å². The van der Waals surface area contributed by atoms with Gasteiger partial charge in [-0.05, 0) is 48.9 Å². The van der Waals surface area contributed by atoms with Gasteiger partial charge >= 0.3 is 5.97 Å². The van der Waals surface area contributed by atoms with Crippen LogP contribution in [-0.2, 0) is 22.7 Å². The largest absolute Gasteiger partial charge is 0.451 e. The fraction of sp³-hybridized carbons (Fsp3) is 0.333. The first-order valence-electron chi connectivity index (χ1n) is 9.21. The van der Waals surface area contributed by atoms with Crippen molar-refractivity contribution in [2.75, 3.05) is 0 Å². The number of carbonyl (C=O) groups excluding carboxylic acids is 1. The number of aryl methyl sites for hydroxylation is 1. The minimum Gasteiger partial charge on any atom is -0.451 e. The van der Waals surface area contributed by atoms with Crippen LogP contribution in [0.2, 0.25) is 0 Å². The summed E-state index contributed by atoms with van der Waals surface area (Å²) in [5.41, 5.74) is 2.84. The van der Waals surface area contributed by atoms with E-state index in [0.29, 0.717) is 11.7 Å². The van der Waals surface area contributed by atoms with E-state index >= 15 is 0 Å². The molecule has 29 heavy (non-hydrogen) atoms. The number of nitrogens with zero attached hydrogens (tertiary/aromatic N) is 4. The van der Waals surface area contributed by atoms with Gasteiger partial charge in [0.15, 0.2) is 6.61 Å². The standard InChI is InChI=1S/C21H22N4O3S/c1-13(2)11-25-14(3)8-16(15(25)4)9-17(10-22)21(26)27-12-19-23-20(24-28-19)18-6-5-7-29-18/h5-9,13H,11-12H2,1-4H3/b17-9+. The monoisotopic (exact) mass is 410 g/mol. The third kappa shape index (κ3) is 4.81. The van der Waals surface area contributed by atoms with Gasteiger partial charge in [0.1, 0.15) is 11.6 Å². The molecule has 7 nitrogen and oxygen atoms in total. The number of nitriles is 1. The quantitative estimate of drug-likeness (QED) is 0.323. The molecule has 0 aliphatic carbocycles. The summed E-state index contributed by atoms with van der Waals surface area (Å²) in [7, 11) is 0. The van der Waals surface area contributed by atoms with Gasteiger partial charge in [-0.25, -0.2) is 4.79 Å². The summed E-state index contributed by atoms with van der Waals surface area (Å²) < 4.78 is 12.5. The highest BCUT2D eigenvalue weighted by Gasteiger charge is 2.17. The molecule has 0 N–H and O–H groups in total. The summed E-state index contributed by atoms with van der Waals surface area (Å²) in [6, 6.07) is 7.65. The second kappa shape index (κ2) is 8.88. The molecule has 0 spiro atoms. The van der Waals surface area contributed by atoms with Gasteiger partial charge in [0.05, 0.1) is 4.88 Å². The van der Waals surface area contributed by atoms with Crippen molar-refractivity contribution in [1.29, 1.82) is 5.26 Å². The second-order valence-electron chi connectivity index (χ2n) is 7.07. The Morgan fingerprint density at radius 1 is 1.45 bits per heavy atom. The van der Waals surface area contributed by atoms with Gasteiger partial charge < -0.3 is 13.8 Å². The maximum Gasteiger partial charge on any atom is 0.349 e. The first kappa shape index (κ1) is 20.6. The molecule has 3 aromatic heterocycles. The van der Waals surface area contributed by atoms with Crippen LogP contribution >= 0.6 is 11.3 Å². The van der Waals surface area contributed by atoms with E-state index in [1.165, 1.54) is 11.3 Å². The zero-order valence-corrected chi connectivity index (χ0v) is 17.6. The number of ether oxygens (including phenoxy) is 1. The van der Waals surface area contributed by atoms with E-state index < -0.39 is 5.97 Å². The second-order valence-corrected chi connectivity index (χ2v) is 8.01. The highest BCUT2D eigenvalue weighted by molar-refractivity contribution is 7.13. The van der Waals surface area contributed by atoms with Crippen LogP contribution in [0.3, 0.4) is 0 Å². The molecular weight excluding hydrogens is 388 g/mol. The molecule has 0 aliphatic rings. The van der Waals surface area contributed by atoms with Gasteiger partial charge in [0, 0.05) is 17.9 Å². The van der Waals surface area contributed by atoms with Gasteiger partial charge in [-0.3, -0.25) is 0 Å². The molecule has 3 aromatic rings. The number of hydrogen-bond acceptors (Lipinski definition) is 7. The molecule has 0 fully saturated rings. The Labute approximate surface area is 173 Å². The SMILES string of the molecule is Cc1cc(/C=C(\C#N)C(=O)OCc2nc(-c3cccs3)no2)c(C)n1CC(C)C. The van der Waals surface area contributed by atoms with Gasteiger partial charge in [0.2, 0.25) is 5.82 Å². The van der Waals surface area contributed by atoms with E-state index in [9.17, 15) is 10.1 Å². The lowest BCUT2D eigenvalue weighted by atomic mass is 10.1. The minimum absolute atomic E-state index is 0.0761. The van der Waals surface area contributed by atoms with Gasteiger partial charge in [-0.15, -0.1) is 11.3 Å². The topological polar surface area (TPSA) is 93.9 Å². The van der Waals surface area contributed by atoms with Crippen LogP contribution in [0.5, 0.6) is 0 Å². The number of esters is 1. The van der Waals surface area contributed by atoms with Crippen molar-refractivity contribution in [3.05, 3.63) is 52.0 Å². The molecule has 0 atom stereocenters. The van der Waals surface area contributed by atoms with E-state index in [2.05, 4.69) is 28.6 Å². The van der Waals surface area contributed by atoms with Crippen LogP contribution in [0.15, 0.2) is 33.7 Å². The molecule has 0 radical (unpaired) electrons. The smallest absolute Gasteiger partial charge is 0.349 e. The summed E-state index contributed by atoms with van der Waals surface area (Å²) in [6.07, 6.45) is 1.56. The zero-order valence-electron chi connectivity index (χ0n) is 16.8. The van der Waals surface area contributed by atoms with Crippen LogP contribution in [0.4, 0.5) is 0 Å². The first-order valence-corrected chi connectivity index (χ1v) is 10.1. The summed E-state index contributed by atoms with van der Waals surface area (Å²) in [5, 5.41) is 15.2. The Morgan fingerprint density at radius 3 is 2.90 bits per heavy atom. The van der Waals surface area contributed by atoms with Crippen LogP contribution in [0, 0.1) is 31.1 Å². The summed E-state index contributed by atoms with van der Waals surface area (Å²) in [4.78, 5) is 17.4. The average molecular weight is 410 g/mol. The fourth-order valence-corrected chi connectivity index (χ4v) is 3.59. The van der Waals surface area contributed by atoms with Crippen LogP contribution < -0.4 is 0 Å². The number of rotatable bonds is 7. The molecule has 0 saturated heterocycles. The van der Waals surface area contributed by atoms with Crippen molar-refractivity contribution in [1.82, 2.24) is 14.7 Å². The lowest BCUT2D eigenvalue weighted by Gasteiger charge is -2.12. The maximum atomic E-state index is 12.4. The van der Waals surface area contributed by atoms with Crippen LogP contribution in [0.25, 0.3) is 16.8 Å². The van der Waals surface area contributed by atoms with Crippen molar-refractivity contribution in [2.45, 2.75) is 40.8 Å². The van der Waals surface area contributed by atoms with Crippen molar-refractivity contribution >= 4 is 23.4 Å². The third-order valence-corrected chi connectivity index (χ3v) is 5.20. The van der Waals surface area contributed by atoms with Crippen LogP contribution in [0.1, 0.15) is 36.7 Å². The summed E-state index contributed by atoms with van der Waals surface area (Å²) in [6.45, 7) is 8.97. The van der Waals surface area contributed by atoms with Crippen molar-refractivity contribution in [3.8, 4) is 16.8 Å². The molecule has 0 bridgehead atoms. The summed E-state index contributed by atoms with van der Waals surface area (Å²) in [5.74, 6) is 0.386. The molecule has 0 aliphatic heterocycles. The Bertz CT molecular complexity index is 1070. The fourth-order valence-electron chi connectivity index (χ4n) is 2.94. The van der Waals surface area contributed by atoms with E-state index in [-0.39, 0.29) is 18.1 Å². The lowest BCUT2D eigenvalue weighted by Crippen LogP contribution is -2.08. The molecule has 0 aromatic carbocycles.